The number of rotatable bonds is 11. The summed E-state index contributed by atoms with van der Waals surface area (Å²) in [5.41, 5.74) is 3.25. The zero-order valence-corrected chi connectivity index (χ0v) is 20.2. The highest BCUT2D eigenvalue weighted by molar-refractivity contribution is 7.99. The Morgan fingerprint density at radius 1 is 0.971 bits per heavy atom. The van der Waals surface area contributed by atoms with Gasteiger partial charge in [-0.25, -0.2) is 0 Å². The van der Waals surface area contributed by atoms with Gasteiger partial charge in [0.15, 0.2) is 11.0 Å². The van der Waals surface area contributed by atoms with Crippen LogP contribution in [0.3, 0.4) is 0 Å². The average Bonchev–Trinajstić information content (AvgIpc) is 3.28. The van der Waals surface area contributed by atoms with Crippen LogP contribution in [0.2, 0.25) is 0 Å². The zero-order valence-electron chi connectivity index (χ0n) is 19.4. The molecule has 1 aromatic heterocycles. The summed E-state index contributed by atoms with van der Waals surface area (Å²) in [7, 11) is 1.66. The monoisotopic (exact) mass is 475 g/mol. The van der Waals surface area contributed by atoms with Crippen molar-refractivity contribution in [3.8, 4) is 22.9 Å². The van der Waals surface area contributed by atoms with Crippen molar-refractivity contribution in [2.75, 3.05) is 19.5 Å². The van der Waals surface area contributed by atoms with Crippen molar-refractivity contribution in [3.63, 3.8) is 0 Å². The third-order valence-electron chi connectivity index (χ3n) is 5.37. The molecule has 0 aliphatic heterocycles. The molecule has 0 saturated carbocycles. The number of aryl methyl sites for hydroxylation is 2. The molecule has 4 aromatic rings. The van der Waals surface area contributed by atoms with Gasteiger partial charge >= 0.3 is 0 Å². The number of hydrogen-bond acceptors (Lipinski definition) is 6. The van der Waals surface area contributed by atoms with E-state index in [0.29, 0.717) is 12.3 Å². The molecule has 34 heavy (non-hydrogen) atoms. The van der Waals surface area contributed by atoms with Crippen molar-refractivity contribution in [1.29, 1.82) is 0 Å². The lowest BCUT2D eigenvalue weighted by molar-refractivity contribution is 0.126. The van der Waals surface area contributed by atoms with Crippen molar-refractivity contribution in [3.05, 3.63) is 90.0 Å². The third kappa shape index (κ3) is 6.18. The highest BCUT2D eigenvalue weighted by atomic mass is 32.2. The van der Waals surface area contributed by atoms with E-state index in [2.05, 4.69) is 26.9 Å². The Bertz CT molecular complexity index is 1200. The van der Waals surface area contributed by atoms with Crippen molar-refractivity contribution in [2.24, 2.45) is 0 Å². The number of para-hydroxylation sites is 1. The molecule has 3 aromatic carbocycles. The third-order valence-corrected chi connectivity index (χ3v) is 6.48. The highest BCUT2D eigenvalue weighted by Crippen LogP contribution is 2.31. The van der Waals surface area contributed by atoms with Gasteiger partial charge < -0.3 is 19.1 Å². The number of methoxy groups -OCH3 is 1. The number of thioether (sulfide) groups is 1. The number of nitrogens with zero attached hydrogens (tertiary/aromatic N) is 3. The van der Waals surface area contributed by atoms with Gasteiger partial charge in [0.2, 0.25) is 0 Å². The van der Waals surface area contributed by atoms with Gasteiger partial charge in [0.05, 0.1) is 18.8 Å². The number of aliphatic hydroxyl groups is 1. The first kappa shape index (κ1) is 23.9. The number of hydrogen-bond donors (Lipinski definition) is 1. The second-order valence-electron chi connectivity index (χ2n) is 7.99. The molecule has 1 atom stereocenters. The molecule has 6 nitrogen and oxygen atoms in total. The van der Waals surface area contributed by atoms with Crippen LogP contribution in [-0.4, -0.2) is 45.4 Å². The number of benzene rings is 3. The van der Waals surface area contributed by atoms with Crippen LogP contribution in [0.1, 0.15) is 11.1 Å². The van der Waals surface area contributed by atoms with E-state index < -0.39 is 6.10 Å². The Morgan fingerprint density at radius 3 is 2.56 bits per heavy atom. The minimum Gasteiger partial charge on any atom is -0.496 e. The van der Waals surface area contributed by atoms with E-state index in [0.717, 1.165) is 40.0 Å². The minimum atomic E-state index is -0.639. The van der Waals surface area contributed by atoms with E-state index in [1.165, 1.54) is 17.3 Å². The minimum absolute atomic E-state index is 0.216. The molecule has 0 unspecified atom stereocenters. The molecule has 0 saturated heterocycles. The van der Waals surface area contributed by atoms with Crippen LogP contribution >= 0.6 is 11.8 Å². The van der Waals surface area contributed by atoms with Crippen molar-refractivity contribution >= 4 is 11.8 Å². The maximum atomic E-state index is 10.5. The molecule has 0 aliphatic carbocycles. The SMILES string of the molecule is COc1ccccc1-c1nnc(SC[C@@H](O)COc2cccc(C)c2)n1CCc1ccccc1. The second-order valence-corrected chi connectivity index (χ2v) is 8.97. The first-order valence-electron chi connectivity index (χ1n) is 11.2. The summed E-state index contributed by atoms with van der Waals surface area (Å²) in [6.07, 6.45) is 0.202. The van der Waals surface area contributed by atoms with Gasteiger partial charge in [-0.3, -0.25) is 0 Å². The Labute approximate surface area is 204 Å². The second kappa shape index (κ2) is 11.7. The summed E-state index contributed by atoms with van der Waals surface area (Å²) < 4.78 is 13.4. The van der Waals surface area contributed by atoms with Gasteiger partial charge in [0.1, 0.15) is 18.1 Å². The summed E-state index contributed by atoms with van der Waals surface area (Å²) in [4.78, 5) is 0. The summed E-state index contributed by atoms with van der Waals surface area (Å²) in [5.74, 6) is 2.70. The van der Waals surface area contributed by atoms with Crippen LogP contribution in [-0.2, 0) is 13.0 Å². The quantitative estimate of drug-likeness (QED) is 0.307. The molecule has 7 heteroatoms. The maximum absolute atomic E-state index is 10.5. The zero-order chi connectivity index (χ0) is 23.8. The number of ether oxygens (including phenoxy) is 2. The fourth-order valence-electron chi connectivity index (χ4n) is 3.63. The predicted octanol–water partition coefficient (Wildman–Crippen LogP) is 5.04. The maximum Gasteiger partial charge on any atom is 0.191 e. The van der Waals surface area contributed by atoms with Crippen LogP contribution in [0.4, 0.5) is 0 Å². The normalized spacial score (nSPS) is 11.9. The van der Waals surface area contributed by atoms with Crippen molar-refractivity contribution < 1.29 is 14.6 Å². The standard InChI is InChI=1S/C27H29N3O3S/c1-20-9-8-12-23(17-20)33-18-22(31)19-34-27-29-28-26(24-13-6-7-14-25(24)32-2)30(27)16-15-21-10-4-3-5-11-21/h3-14,17,22,31H,15-16,18-19H2,1-2H3/t22-/m0/s1. The number of aromatic nitrogens is 3. The van der Waals surface area contributed by atoms with E-state index in [-0.39, 0.29) is 6.61 Å². The molecule has 0 fully saturated rings. The smallest absolute Gasteiger partial charge is 0.191 e. The molecule has 0 radical (unpaired) electrons. The fraction of sp³-hybridized carbons (Fsp3) is 0.259. The van der Waals surface area contributed by atoms with E-state index in [9.17, 15) is 5.11 Å². The van der Waals surface area contributed by atoms with Crippen molar-refractivity contribution in [1.82, 2.24) is 14.8 Å². The lowest BCUT2D eigenvalue weighted by Crippen LogP contribution is -2.20. The van der Waals surface area contributed by atoms with E-state index in [1.807, 2.05) is 73.7 Å². The molecule has 0 aliphatic rings. The molecular weight excluding hydrogens is 446 g/mol. The van der Waals surface area contributed by atoms with E-state index >= 15 is 0 Å². The lowest BCUT2D eigenvalue weighted by Gasteiger charge is -2.14. The molecular formula is C27H29N3O3S. The summed E-state index contributed by atoms with van der Waals surface area (Å²) in [6, 6.07) is 26.0. The van der Waals surface area contributed by atoms with Gasteiger partial charge in [-0.2, -0.15) is 0 Å². The van der Waals surface area contributed by atoms with E-state index in [4.69, 9.17) is 9.47 Å². The van der Waals surface area contributed by atoms with Gasteiger partial charge in [-0.1, -0.05) is 66.4 Å². The molecule has 0 bridgehead atoms. The Morgan fingerprint density at radius 2 is 1.76 bits per heavy atom. The summed E-state index contributed by atoms with van der Waals surface area (Å²) in [5, 5.41) is 20.2. The van der Waals surface area contributed by atoms with Crippen LogP contribution in [0.5, 0.6) is 11.5 Å². The largest absolute Gasteiger partial charge is 0.496 e. The molecule has 1 heterocycles. The van der Waals surface area contributed by atoms with E-state index in [1.54, 1.807) is 7.11 Å². The fourth-order valence-corrected chi connectivity index (χ4v) is 4.50. The molecule has 0 spiro atoms. The Hall–Kier alpha value is -3.29. The summed E-state index contributed by atoms with van der Waals surface area (Å²) >= 11 is 1.48. The van der Waals surface area contributed by atoms with Crippen LogP contribution in [0, 0.1) is 6.92 Å². The van der Waals surface area contributed by atoms with Gasteiger partial charge in [-0.15, -0.1) is 10.2 Å². The molecule has 176 valence electrons. The molecule has 4 rings (SSSR count). The first-order chi connectivity index (χ1) is 16.6. The van der Waals surface area contributed by atoms with Crippen LogP contribution in [0.15, 0.2) is 84.0 Å². The van der Waals surface area contributed by atoms with Crippen LogP contribution in [0.25, 0.3) is 11.4 Å². The van der Waals surface area contributed by atoms with Crippen molar-refractivity contribution in [2.45, 2.75) is 31.1 Å². The summed E-state index contributed by atoms with van der Waals surface area (Å²) in [6.45, 7) is 2.94. The lowest BCUT2D eigenvalue weighted by atomic mass is 10.1. The molecule has 0 amide bonds. The van der Waals surface area contributed by atoms with Gasteiger partial charge in [0.25, 0.3) is 0 Å². The van der Waals surface area contributed by atoms with Crippen LogP contribution < -0.4 is 9.47 Å². The average molecular weight is 476 g/mol. The highest BCUT2D eigenvalue weighted by Gasteiger charge is 2.18. The number of aliphatic hydroxyl groups excluding tert-OH is 1. The topological polar surface area (TPSA) is 69.4 Å². The van der Waals surface area contributed by atoms with Gasteiger partial charge in [-0.05, 0) is 48.7 Å². The Balaban J connectivity index is 1.48. The first-order valence-corrected chi connectivity index (χ1v) is 12.2. The predicted molar refractivity (Wildman–Crippen MR) is 136 cm³/mol. The Kier molecular flexibility index (Phi) is 8.22. The molecule has 1 N–H and O–H groups in total. The van der Waals surface area contributed by atoms with Gasteiger partial charge in [0, 0.05) is 12.3 Å².